The average molecular weight is 409 g/mol. The Kier molecular flexibility index (Phi) is 6.47. The summed E-state index contributed by atoms with van der Waals surface area (Å²) in [7, 11) is 1.57. The number of halogens is 2. The molecule has 1 fully saturated rings. The van der Waals surface area contributed by atoms with E-state index in [1.54, 1.807) is 25.3 Å². The highest BCUT2D eigenvalue weighted by atomic mass is 35.5. The molecule has 0 radical (unpaired) electrons. The first-order valence-electron chi connectivity index (χ1n) is 8.97. The van der Waals surface area contributed by atoms with Gasteiger partial charge in [0.1, 0.15) is 5.75 Å². The SMILES string of the molecule is COc1ccc(Cl)cc1NC(=O)[C@H](C)[NH+]1CCN(c2cccc(Cl)c2)CC1. The second kappa shape index (κ2) is 8.83. The lowest BCUT2D eigenvalue weighted by Crippen LogP contribution is -3.19. The van der Waals surface area contributed by atoms with E-state index in [0.717, 1.165) is 36.9 Å². The van der Waals surface area contributed by atoms with Crippen molar-refractivity contribution >= 4 is 40.5 Å². The first-order chi connectivity index (χ1) is 13.0. The molecule has 27 heavy (non-hydrogen) atoms. The van der Waals surface area contributed by atoms with Gasteiger partial charge in [0.25, 0.3) is 5.91 Å². The summed E-state index contributed by atoms with van der Waals surface area (Å²) in [5.41, 5.74) is 1.72. The molecule has 1 saturated heterocycles. The Labute approximate surface area is 169 Å². The lowest BCUT2D eigenvalue weighted by atomic mass is 10.2. The van der Waals surface area contributed by atoms with Crippen LogP contribution in [0.4, 0.5) is 11.4 Å². The number of quaternary nitrogens is 1. The molecule has 2 aromatic rings. The Morgan fingerprint density at radius 2 is 1.85 bits per heavy atom. The Balaban J connectivity index is 1.59. The lowest BCUT2D eigenvalue weighted by molar-refractivity contribution is -0.914. The van der Waals surface area contributed by atoms with Crippen molar-refractivity contribution in [3.63, 3.8) is 0 Å². The van der Waals surface area contributed by atoms with Gasteiger partial charge in [-0.3, -0.25) is 4.79 Å². The number of methoxy groups -OCH3 is 1. The Morgan fingerprint density at radius 1 is 1.15 bits per heavy atom. The molecule has 0 unspecified atom stereocenters. The molecular formula is C20H24Cl2N3O2+. The van der Waals surface area contributed by atoms with E-state index in [1.807, 2.05) is 25.1 Å². The number of hydrogen-bond acceptors (Lipinski definition) is 3. The van der Waals surface area contributed by atoms with Crippen LogP contribution in [0.25, 0.3) is 0 Å². The molecule has 0 bridgehead atoms. The van der Waals surface area contributed by atoms with Crippen molar-refractivity contribution in [3.8, 4) is 5.75 Å². The van der Waals surface area contributed by atoms with Crippen LogP contribution in [0.3, 0.4) is 0 Å². The highest BCUT2D eigenvalue weighted by molar-refractivity contribution is 6.31. The number of piperazine rings is 1. The Hall–Kier alpha value is -1.95. The van der Waals surface area contributed by atoms with Crippen molar-refractivity contribution in [3.05, 3.63) is 52.5 Å². The van der Waals surface area contributed by atoms with Gasteiger partial charge in [-0.1, -0.05) is 29.3 Å². The Morgan fingerprint density at radius 3 is 2.52 bits per heavy atom. The minimum atomic E-state index is -0.171. The summed E-state index contributed by atoms with van der Waals surface area (Å²) >= 11 is 12.1. The van der Waals surface area contributed by atoms with E-state index < -0.39 is 0 Å². The molecule has 2 N–H and O–H groups in total. The van der Waals surface area contributed by atoms with Crippen molar-refractivity contribution in [2.45, 2.75) is 13.0 Å². The third-order valence-electron chi connectivity index (χ3n) is 5.00. The fraction of sp³-hybridized carbons (Fsp3) is 0.350. The van der Waals surface area contributed by atoms with Crippen LogP contribution in [-0.4, -0.2) is 45.2 Å². The zero-order chi connectivity index (χ0) is 19.4. The van der Waals surface area contributed by atoms with Crippen molar-refractivity contribution in [1.82, 2.24) is 0 Å². The summed E-state index contributed by atoms with van der Waals surface area (Å²) in [5.74, 6) is 0.558. The van der Waals surface area contributed by atoms with Crippen LogP contribution in [0.5, 0.6) is 5.75 Å². The number of carbonyl (C=O) groups excluding carboxylic acids is 1. The maximum Gasteiger partial charge on any atom is 0.282 e. The number of ether oxygens (including phenoxy) is 1. The maximum atomic E-state index is 12.7. The second-order valence-electron chi connectivity index (χ2n) is 6.68. The quantitative estimate of drug-likeness (QED) is 0.799. The van der Waals surface area contributed by atoms with Crippen molar-refractivity contribution in [2.24, 2.45) is 0 Å². The van der Waals surface area contributed by atoms with Crippen molar-refractivity contribution in [2.75, 3.05) is 43.5 Å². The van der Waals surface area contributed by atoms with Crippen LogP contribution in [0, 0.1) is 0 Å². The van der Waals surface area contributed by atoms with Gasteiger partial charge in [0.15, 0.2) is 6.04 Å². The number of nitrogens with zero attached hydrogens (tertiary/aromatic N) is 1. The van der Waals surface area contributed by atoms with Gasteiger partial charge in [0, 0.05) is 15.7 Å². The monoisotopic (exact) mass is 408 g/mol. The molecule has 2 aromatic carbocycles. The number of anilines is 2. The molecule has 7 heteroatoms. The van der Waals surface area contributed by atoms with E-state index in [0.29, 0.717) is 16.5 Å². The first kappa shape index (κ1) is 19.8. The topological polar surface area (TPSA) is 46.0 Å². The molecule has 1 atom stereocenters. The van der Waals surface area contributed by atoms with Crippen molar-refractivity contribution < 1.29 is 14.4 Å². The zero-order valence-corrected chi connectivity index (χ0v) is 17.0. The third kappa shape index (κ3) is 4.86. The maximum absolute atomic E-state index is 12.7. The van der Waals surface area contributed by atoms with E-state index >= 15 is 0 Å². The van der Waals surface area contributed by atoms with Gasteiger partial charge in [0.2, 0.25) is 0 Å². The van der Waals surface area contributed by atoms with Crippen LogP contribution in [0.2, 0.25) is 10.0 Å². The summed E-state index contributed by atoms with van der Waals surface area (Å²) in [4.78, 5) is 16.3. The summed E-state index contributed by atoms with van der Waals surface area (Å²) in [6.45, 7) is 5.49. The van der Waals surface area contributed by atoms with Gasteiger partial charge in [-0.25, -0.2) is 0 Å². The van der Waals surface area contributed by atoms with E-state index in [-0.39, 0.29) is 11.9 Å². The molecule has 0 aliphatic carbocycles. The standard InChI is InChI=1S/C20H23Cl2N3O2/c1-14(20(26)23-18-13-16(22)6-7-19(18)27-2)24-8-10-25(11-9-24)17-5-3-4-15(21)12-17/h3-7,12-14H,8-11H2,1-2H3,(H,23,26)/p+1/t14-/m0/s1. The molecule has 1 heterocycles. The molecule has 3 rings (SSSR count). The number of carbonyl (C=O) groups is 1. The zero-order valence-electron chi connectivity index (χ0n) is 15.5. The predicted molar refractivity (Wildman–Crippen MR) is 110 cm³/mol. The normalized spacial score (nSPS) is 16.1. The fourth-order valence-electron chi connectivity index (χ4n) is 3.36. The summed E-state index contributed by atoms with van der Waals surface area (Å²) in [6, 6.07) is 12.9. The number of nitrogens with one attached hydrogen (secondary N) is 2. The molecular weight excluding hydrogens is 385 g/mol. The first-order valence-corrected chi connectivity index (χ1v) is 9.73. The summed E-state index contributed by atoms with van der Waals surface area (Å²) < 4.78 is 5.30. The van der Waals surface area contributed by atoms with E-state index in [4.69, 9.17) is 27.9 Å². The van der Waals surface area contributed by atoms with Crippen LogP contribution < -0.4 is 19.9 Å². The van der Waals surface area contributed by atoms with E-state index in [1.165, 1.54) is 4.90 Å². The van der Waals surface area contributed by atoms with E-state index in [2.05, 4.69) is 16.3 Å². The molecule has 144 valence electrons. The van der Waals surface area contributed by atoms with Gasteiger partial charge in [-0.15, -0.1) is 0 Å². The van der Waals surface area contributed by atoms with Crippen LogP contribution in [0.15, 0.2) is 42.5 Å². The predicted octanol–water partition coefficient (Wildman–Crippen LogP) is 2.73. The molecule has 5 nitrogen and oxygen atoms in total. The summed E-state index contributed by atoms with van der Waals surface area (Å²) in [6.07, 6.45) is 0. The van der Waals surface area contributed by atoms with Crippen molar-refractivity contribution in [1.29, 1.82) is 0 Å². The number of rotatable bonds is 5. The average Bonchev–Trinajstić information content (AvgIpc) is 2.67. The van der Waals surface area contributed by atoms with Crippen LogP contribution >= 0.6 is 23.2 Å². The summed E-state index contributed by atoms with van der Waals surface area (Å²) in [5, 5.41) is 4.25. The van der Waals surface area contributed by atoms with Crippen LogP contribution in [0.1, 0.15) is 6.92 Å². The molecule has 0 aromatic heterocycles. The molecule has 1 aliphatic heterocycles. The molecule has 1 aliphatic rings. The van der Waals surface area contributed by atoms with Gasteiger partial charge >= 0.3 is 0 Å². The fourth-order valence-corrected chi connectivity index (χ4v) is 3.72. The molecule has 0 spiro atoms. The minimum absolute atomic E-state index is 0.0400. The third-order valence-corrected chi connectivity index (χ3v) is 5.47. The Bertz CT molecular complexity index is 808. The van der Waals surface area contributed by atoms with Gasteiger partial charge in [0.05, 0.1) is 39.0 Å². The second-order valence-corrected chi connectivity index (χ2v) is 7.55. The molecule has 1 amide bonds. The number of hydrogen-bond donors (Lipinski definition) is 2. The lowest BCUT2D eigenvalue weighted by Gasteiger charge is -2.36. The molecule has 0 saturated carbocycles. The van der Waals surface area contributed by atoms with Gasteiger partial charge < -0.3 is 19.9 Å². The minimum Gasteiger partial charge on any atom is -0.495 e. The number of amides is 1. The van der Waals surface area contributed by atoms with E-state index in [9.17, 15) is 4.79 Å². The smallest absolute Gasteiger partial charge is 0.282 e. The van der Waals surface area contributed by atoms with Gasteiger partial charge in [-0.2, -0.15) is 0 Å². The van der Waals surface area contributed by atoms with Crippen LogP contribution in [-0.2, 0) is 4.79 Å². The largest absolute Gasteiger partial charge is 0.495 e. The highest BCUT2D eigenvalue weighted by Crippen LogP contribution is 2.27. The highest BCUT2D eigenvalue weighted by Gasteiger charge is 2.29. The number of benzene rings is 2. The van der Waals surface area contributed by atoms with Gasteiger partial charge in [-0.05, 0) is 43.3 Å².